The van der Waals surface area contributed by atoms with E-state index < -0.39 is 6.11 Å². The first-order valence-electron chi connectivity index (χ1n) is 1.08. The summed E-state index contributed by atoms with van der Waals surface area (Å²) in [6.07, 6.45) is -3.75. The van der Waals surface area contributed by atoms with Crippen molar-refractivity contribution in [2.24, 2.45) is 0 Å². The molecule has 0 aliphatic heterocycles. The lowest BCUT2D eigenvalue weighted by atomic mass is 10.8. The zero-order chi connectivity index (χ0) is 4.50. The highest BCUT2D eigenvalue weighted by Gasteiger charge is 2.15. The van der Waals surface area contributed by atoms with Gasteiger partial charge in [-0.2, -0.15) is 13.9 Å². The second-order valence-corrected chi connectivity index (χ2v) is 0.808. The summed E-state index contributed by atoms with van der Waals surface area (Å²) in [4.78, 5) is 0. The lowest BCUT2D eigenvalue weighted by Gasteiger charge is -1.89. The summed E-state index contributed by atoms with van der Waals surface area (Å²) in [5, 5.41) is 8.77. The van der Waals surface area contributed by atoms with Crippen molar-refractivity contribution in [3.05, 3.63) is 0 Å². The van der Waals surface area contributed by atoms with Crippen LogP contribution in [0.5, 0.6) is 0 Å². The second-order valence-electron chi connectivity index (χ2n) is 0.808. The summed E-state index contributed by atoms with van der Waals surface area (Å²) in [7, 11) is 0. The molecule has 0 atom stereocenters. The fourth-order valence-corrected chi connectivity index (χ4v) is 0. The van der Waals surface area contributed by atoms with Crippen LogP contribution in [0.3, 0.4) is 0 Å². The highest BCUT2D eigenvalue weighted by molar-refractivity contribution is 4.23. The van der Waals surface area contributed by atoms with Gasteiger partial charge in [0.05, 0.1) is 0 Å². The molecule has 1 nitrogen and oxygen atoms in total. The van der Waals surface area contributed by atoms with Gasteiger partial charge in [-0.15, -0.1) is 0 Å². The predicted octanol–water partition coefficient (Wildman–Crippen LogP) is 1.03. The number of halogens is 2. The van der Waals surface area contributed by atoms with Crippen LogP contribution in [0.25, 0.3) is 0 Å². The standard InChI is InChI=1S/C2H3F2O/c1-2(3,4)5/h1H3. The molecule has 0 unspecified atom stereocenters. The van der Waals surface area contributed by atoms with Crippen LogP contribution in [-0.4, -0.2) is 6.11 Å². The summed E-state index contributed by atoms with van der Waals surface area (Å²) in [6.45, 7) is 0.299. The third-order valence-corrected chi connectivity index (χ3v) is 0. The zero-order valence-corrected chi connectivity index (χ0v) is 2.66. The molecule has 0 aromatic rings. The summed E-state index contributed by atoms with van der Waals surface area (Å²) in [6, 6.07) is 0. The SMILES string of the molecule is CC([O])(F)F. The van der Waals surface area contributed by atoms with Gasteiger partial charge in [-0.3, -0.25) is 0 Å². The van der Waals surface area contributed by atoms with Crippen LogP contribution >= 0.6 is 0 Å². The van der Waals surface area contributed by atoms with Gasteiger partial charge in [0.2, 0.25) is 0 Å². The average molecular weight is 81.0 g/mol. The van der Waals surface area contributed by atoms with Crippen molar-refractivity contribution in [1.29, 1.82) is 0 Å². The lowest BCUT2D eigenvalue weighted by Crippen LogP contribution is -2.01. The van der Waals surface area contributed by atoms with Gasteiger partial charge in [0, 0.05) is 6.92 Å². The van der Waals surface area contributed by atoms with Crippen LogP contribution in [0, 0.1) is 0 Å². The number of hydrogen-bond acceptors (Lipinski definition) is 0. The van der Waals surface area contributed by atoms with E-state index in [2.05, 4.69) is 0 Å². The first-order valence-corrected chi connectivity index (χ1v) is 1.08. The number of hydrogen-bond donors (Lipinski definition) is 0. The Bertz CT molecular complexity index is 23.1. The van der Waals surface area contributed by atoms with Crippen molar-refractivity contribution in [2.75, 3.05) is 0 Å². The second kappa shape index (κ2) is 0.897. The van der Waals surface area contributed by atoms with Gasteiger partial charge in [0.15, 0.2) is 0 Å². The summed E-state index contributed by atoms with van der Waals surface area (Å²) < 4.78 is 20.9. The zero-order valence-electron chi connectivity index (χ0n) is 2.66. The lowest BCUT2D eigenvalue weighted by molar-refractivity contribution is -0.226. The van der Waals surface area contributed by atoms with E-state index in [4.69, 9.17) is 5.11 Å². The van der Waals surface area contributed by atoms with Crippen LogP contribution in [-0.2, 0) is 5.11 Å². The van der Waals surface area contributed by atoms with Gasteiger partial charge < -0.3 is 0 Å². The molecular weight excluding hydrogens is 78.0 g/mol. The van der Waals surface area contributed by atoms with Gasteiger partial charge in [-0.25, -0.2) is 0 Å². The fourth-order valence-electron chi connectivity index (χ4n) is 0. The molecule has 0 saturated carbocycles. The molecule has 0 fully saturated rings. The molecule has 0 rings (SSSR count). The van der Waals surface area contributed by atoms with Crippen molar-refractivity contribution >= 4 is 0 Å². The molecule has 0 aliphatic carbocycles. The third kappa shape index (κ3) is 391. The van der Waals surface area contributed by atoms with Crippen molar-refractivity contribution in [2.45, 2.75) is 13.0 Å². The highest BCUT2D eigenvalue weighted by Crippen LogP contribution is 2.03. The molecule has 0 aromatic carbocycles. The maximum Gasteiger partial charge on any atom is 0.378 e. The third-order valence-electron chi connectivity index (χ3n) is 0. The van der Waals surface area contributed by atoms with Gasteiger partial charge in [-0.1, -0.05) is 0 Å². The number of alkyl halides is 2. The number of rotatable bonds is 0. The van der Waals surface area contributed by atoms with Gasteiger partial charge in [0.25, 0.3) is 0 Å². The van der Waals surface area contributed by atoms with E-state index in [9.17, 15) is 8.78 Å². The molecule has 0 bridgehead atoms. The molecule has 0 saturated heterocycles. The normalized spacial score (nSPS) is 12.0. The van der Waals surface area contributed by atoms with E-state index in [1.165, 1.54) is 0 Å². The van der Waals surface area contributed by atoms with Crippen molar-refractivity contribution in [3.8, 4) is 0 Å². The Morgan fingerprint density at radius 1 is 1.60 bits per heavy atom. The fraction of sp³-hybridized carbons (Fsp3) is 1.00. The Hall–Kier alpha value is -0.180. The minimum Gasteiger partial charge on any atom is -0.174 e. The van der Waals surface area contributed by atoms with Gasteiger partial charge >= 0.3 is 6.11 Å². The van der Waals surface area contributed by atoms with E-state index in [0.717, 1.165) is 0 Å². The van der Waals surface area contributed by atoms with Gasteiger partial charge in [0.1, 0.15) is 0 Å². The topological polar surface area (TPSA) is 19.9 Å². The average Bonchev–Trinajstić information content (AvgIpc) is 0.722. The van der Waals surface area contributed by atoms with Crippen molar-refractivity contribution < 1.29 is 13.9 Å². The molecule has 3 heteroatoms. The summed E-state index contributed by atoms with van der Waals surface area (Å²) in [5.74, 6) is 0. The minimum absolute atomic E-state index is 0.299. The molecule has 31 valence electrons. The maximum absolute atomic E-state index is 10.5. The molecule has 0 aliphatic rings. The first kappa shape index (κ1) is 4.82. The van der Waals surface area contributed by atoms with E-state index in [1.807, 2.05) is 0 Å². The highest BCUT2D eigenvalue weighted by atomic mass is 19.3. The Morgan fingerprint density at radius 2 is 1.60 bits per heavy atom. The molecule has 0 heterocycles. The molecule has 0 amide bonds. The van der Waals surface area contributed by atoms with E-state index in [1.54, 1.807) is 0 Å². The van der Waals surface area contributed by atoms with Crippen LogP contribution in [0.15, 0.2) is 0 Å². The Labute approximate surface area is 28.2 Å². The quantitative estimate of drug-likeness (QED) is 0.415. The van der Waals surface area contributed by atoms with Crippen LogP contribution in [0.1, 0.15) is 6.92 Å². The van der Waals surface area contributed by atoms with E-state index in [0.29, 0.717) is 6.92 Å². The minimum atomic E-state index is -3.75. The van der Waals surface area contributed by atoms with E-state index in [-0.39, 0.29) is 0 Å². The summed E-state index contributed by atoms with van der Waals surface area (Å²) >= 11 is 0. The molecular formula is C2H3F2O. The Balaban J connectivity index is 3.02. The Kier molecular flexibility index (Phi) is 0.865. The molecule has 0 spiro atoms. The van der Waals surface area contributed by atoms with Crippen LogP contribution in [0.4, 0.5) is 8.78 Å². The first-order chi connectivity index (χ1) is 2.00. The monoisotopic (exact) mass is 81.0 g/mol. The summed E-state index contributed by atoms with van der Waals surface area (Å²) in [5.41, 5.74) is 0. The molecule has 0 aromatic heterocycles. The smallest absolute Gasteiger partial charge is 0.174 e. The molecule has 1 radical (unpaired) electrons. The van der Waals surface area contributed by atoms with Gasteiger partial charge in [-0.05, 0) is 0 Å². The van der Waals surface area contributed by atoms with E-state index >= 15 is 0 Å². The van der Waals surface area contributed by atoms with Crippen molar-refractivity contribution in [1.82, 2.24) is 0 Å². The predicted molar refractivity (Wildman–Crippen MR) is 11.3 cm³/mol. The largest absolute Gasteiger partial charge is 0.378 e. The maximum atomic E-state index is 10.5. The Morgan fingerprint density at radius 3 is 1.60 bits per heavy atom. The van der Waals surface area contributed by atoms with Crippen LogP contribution < -0.4 is 0 Å². The van der Waals surface area contributed by atoms with Crippen molar-refractivity contribution in [3.63, 3.8) is 0 Å². The molecule has 5 heavy (non-hydrogen) atoms. The molecule has 0 N–H and O–H groups in total. The van der Waals surface area contributed by atoms with Crippen LogP contribution in [0.2, 0.25) is 0 Å².